The van der Waals surface area contributed by atoms with E-state index in [2.05, 4.69) is 0 Å². The largest absolute Gasteiger partial charge is 0.497 e. The third-order valence-electron chi connectivity index (χ3n) is 3.35. The van der Waals surface area contributed by atoms with E-state index in [1.54, 1.807) is 14.2 Å². The highest BCUT2D eigenvalue weighted by atomic mass is 16.5. The summed E-state index contributed by atoms with van der Waals surface area (Å²) in [5, 5.41) is 9.32. The average molecular weight is 222 g/mol. The quantitative estimate of drug-likeness (QED) is 0.828. The zero-order valence-corrected chi connectivity index (χ0v) is 9.82. The highest BCUT2D eigenvalue weighted by Crippen LogP contribution is 2.49. The van der Waals surface area contributed by atoms with Gasteiger partial charge in [0, 0.05) is 12.7 Å². The number of ether oxygens (including phenoxy) is 2. The van der Waals surface area contributed by atoms with E-state index in [1.807, 2.05) is 18.2 Å². The van der Waals surface area contributed by atoms with E-state index in [-0.39, 0.29) is 12.0 Å². The Kier molecular flexibility index (Phi) is 3.06. The summed E-state index contributed by atoms with van der Waals surface area (Å²) in [5.41, 5.74) is 1.26. The molecule has 3 heteroatoms. The molecular formula is C13H18O3. The van der Waals surface area contributed by atoms with Crippen LogP contribution in [0, 0.1) is 5.41 Å². The molecule has 1 fully saturated rings. The molecule has 0 spiro atoms. The second-order valence-corrected chi connectivity index (χ2v) is 4.51. The fourth-order valence-electron chi connectivity index (χ4n) is 1.97. The molecule has 0 atom stereocenters. The molecule has 1 N–H and O–H groups in total. The minimum atomic E-state index is 0.113. The van der Waals surface area contributed by atoms with Gasteiger partial charge >= 0.3 is 0 Å². The number of rotatable bonds is 5. The van der Waals surface area contributed by atoms with E-state index < -0.39 is 0 Å². The van der Waals surface area contributed by atoms with Crippen LogP contribution in [0.4, 0.5) is 0 Å². The van der Waals surface area contributed by atoms with Gasteiger partial charge in [0.2, 0.25) is 0 Å². The summed E-state index contributed by atoms with van der Waals surface area (Å²) < 4.78 is 10.5. The first-order valence-corrected chi connectivity index (χ1v) is 5.55. The van der Waals surface area contributed by atoms with Gasteiger partial charge in [0.15, 0.2) is 0 Å². The summed E-state index contributed by atoms with van der Waals surface area (Å²) in [7, 11) is 3.31. The number of hydrogen-bond acceptors (Lipinski definition) is 3. The van der Waals surface area contributed by atoms with E-state index in [0.717, 1.165) is 36.3 Å². The van der Waals surface area contributed by atoms with Crippen LogP contribution in [0.1, 0.15) is 18.4 Å². The minimum absolute atomic E-state index is 0.113. The number of benzene rings is 1. The van der Waals surface area contributed by atoms with Gasteiger partial charge < -0.3 is 14.6 Å². The Hall–Kier alpha value is -1.22. The van der Waals surface area contributed by atoms with Gasteiger partial charge in [-0.1, -0.05) is 6.07 Å². The molecule has 0 amide bonds. The minimum Gasteiger partial charge on any atom is -0.497 e. The van der Waals surface area contributed by atoms with Crippen LogP contribution >= 0.6 is 0 Å². The first-order chi connectivity index (χ1) is 7.73. The Bertz CT molecular complexity index is 369. The van der Waals surface area contributed by atoms with E-state index in [1.165, 1.54) is 0 Å². The number of hydrogen-bond donors (Lipinski definition) is 1. The van der Waals surface area contributed by atoms with Gasteiger partial charge in [0.1, 0.15) is 11.5 Å². The van der Waals surface area contributed by atoms with E-state index >= 15 is 0 Å². The molecule has 1 aromatic rings. The summed E-state index contributed by atoms with van der Waals surface area (Å²) in [6.45, 7) is 0.266. The van der Waals surface area contributed by atoms with Crippen LogP contribution in [0.3, 0.4) is 0 Å². The van der Waals surface area contributed by atoms with Gasteiger partial charge in [-0.05, 0) is 36.3 Å². The smallest absolute Gasteiger partial charge is 0.125 e. The van der Waals surface area contributed by atoms with E-state index in [0.29, 0.717) is 0 Å². The molecule has 16 heavy (non-hydrogen) atoms. The molecule has 3 nitrogen and oxygen atoms in total. The second kappa shape index (κ2) is 4.34. The lowest BCUT2D eigenvalue weighted by Gasteiger charge is -2.15. The van der Waals surface area contributed by atoms with Crippen molar-refractivity contribution in [1.82, 2.24) is 0 Å². The molecule has 0 saturated heterocycles. The summed E-state index contributed by atoms with van der Waals surface area (Å²) in [6, 6.07) is 5.85. The summed E-state index contributed by atoms with van der Waals surface area (Å²) in [6.07, 6.45) is 3.11. The van der Waals surface area contributed by atoms with Crippen molar-refractivity contribution in [2.24, 2.45) is 5.41 Å². The van der Waals surface area contributed by atoms with Gasteiger partial charge in [-0.15, -0.1) is 0 Å². The number of aliphatic hydroxyl groups is 1. The Morgan fingerprint density at radius 1 is 1.25 bits per heavy atom. The van der Waals surface area contributed by atoms with Gasteiger partial charge in [-0.25, -0.2) is 0 Å². The molecule has 1 aliphatic rings. The standard InChI is InChI=1S/C13H18O3/c1-15-11-4-3-10(12(7-11)16-2)8-13(9-14)5-6-13/h3-4,7,14H,5-6,8-9H2,1-2H3. The molecule has 0 unspecified atom stereocenters. The molecule has 0 aliphatic heterocycles. The fourth-order valence-corrected chi connectivity index (χ4v) is 1.97. The van der Waals surface area contributed by atoms with Crippen molar-refractivity contribution < 1.29 is 14.6 Å². The maximum atomic E-state index is 9.32. The van der Waals surface area contributed by atoms with E-state index in [9.17, 15) is 5.11 Å². The van der Waals surface area contributed by atoms with E-state index in [4.69, 9.17) is 9.47 Å². The predicted octanol–water partition coefficient (Wildman–Crippen LogP) is 2.02. The van der Waals surface area contributed by atoms with Gasteiger partial charge in [0.25, 0.3) is 0 Å². The number of methoxy groups -OCH3 is 2. The maximum absolute atomic E-state index is 9.32. The lowest BCUT2D eigenvalue weighted by molar-refractivity contribution is 0.210. The Balaban J connectivity index is 2.20. The first kappa shape index (κ1) is 11.3. The summed E-state index contributed by atoms with van der Waals surface area (Å²) >= 11 is 0. The molecule has 88 valence electrons. The third kappa shape index (κ3) is 2.14. The van der Waals surface area contributed by atoms with Crippen molar-refractivity contribution in [1.29, 1.82) is 0 Å². The van der Waals surface area contributed by atoms with Crippen LogP contribution in [0.2, 0.25) is 0 Å². The van der Waals surface area contributed by atoms with Crippen LogP contribution in [0.5, 0.6) is 11.5 Å². The monoisotopic (exact) mass is 222 g/mol. The molecule has 0 bridgehead atoms. The Morgan fingerprint density at radius 2 is 2.00 bits per heavy atom. The van der Waals surface area contributed by atoms with Crippen LogP contribution in [-0.2, 0) is 6.42 Å². The lowest BCUT2D eigenvalue weighted by atomic mass is 9.96. The lowest BCUT2D eigenvalue weighted by Crippen LogP contribution is -2.10. The van der Waals surface area contributed by atoms with Crippen LogP contribution in [0.25, 0.3) is 0 Å². The molecule has 1 aromatic carbocycles. The predicted molar refractivity (Wildman–Crippen MR) is 62.0 cm³/mol. The van der Waals surface area contributed by atoms with Gasteiger partial charge in [-0.3, -0.25) is 0 Å². The maximum Gasteiger partial charge on any atom is 0.125 e. The molecule has 0 radical (unpaired) electrons. The van der Waals surface area contributed by atoms with Crippen molar-refractivity contribution in [3.05, 3.63) is 23.8 Å². The second-order valence-electron chi connectivity index (χ2n) is 4.51. The SMILES string of the molecule is COc1ccc(CC2(CO)CC2)c(OC)c1. The first-order valence-electron chi connectivity index (χ1n) is 5.55. The summed E-state index contributed by atoms with van der Waals surface area (Å²) in [5.74, 6) is 1.65. The van der Waals surface area contributed by atoms with Gasteiger partial charge in [0.05, 0.1) is 14.2 Å². The van der Waals surface area contributed by atoms with Crippen molar-refractivity contribution in [3.63, 3.8) is 0 Å². The van der Waals surface area contributed by atoms with Gasteiger partial charge in [-0.2, -0.15) is 0 Å². The molecule has 2 rings (SSSR count). The van der Waals surface area contributed by atoms with Crippen LogP contribution in [0.15, 0.2) is 18.2 Å². The molecular weight excluding hydrogens is 204 g/mol. The highest BCUT2D eigenvalue weighted by molar-refractivity contribution is 5.41. The van der Waals surface area contributed by atoms with Crippen molar-refractivity contribution >= 4 is 0 Å². The van der Waals surface area contributed by atoms with Crippen molar-refractivity contribution in [2.75, 3.05) is 20.8 Å². The normalized spacial score (nSPS) is 16.9. The fraction of sp³-hybridized carbons (Fsp3) is 0.538. The molecule has 1 saturated carbocycles. The zero-order valence-electron chi connectivity index (χ0n) is 9.82. The Labute approximate surface area is 96.0 Å². The van der Waals surface area contributed by atoms with Crippen molar-refractivity contribution in [2.45, 2.75) is 19.3 Å². The van der Waals surface area contributed by atoms with Crippen LogP contribution in [-0.4, -0.2) is 25.9 Å². The molecule has 0 aromatic heterocycles. The number of aliphatic hydroxyl groups excluding tert-OH is 1. The summed E-state index contributed by atoms with van der Waals surface area (Å²) in [4.78, 5) is 0. The zero-order chi connectivity index (χ0) is 11.6. The Morgan fingerprint density at radius 3 is 2.50 bits per heavy atom. The highest BCUT2D eigenvalue weighted by Gasteiger charge is 2.42. The molecule has 1 aliphatic carbocycles. The third-order valence-corrected chi connectivity index (χ3v) is 3.35. The van der Waals surface area contributed by atoms with Crippen LogP contribution < -0.4 is 9.47 Å². The van der Waals surface area contributed by atoms with Crippen molar-refractivity contribution in [3.8, 4) is 11.5 Å². The topological polar surface area (TPSA) is 38.7 Å². The molecule has 0 heterocycles. The average Bonchev–Trinajstić information content (AvgIpc) is 3.10.